The van der Waals surface area contributed by atoms with Crippen LogP contribution in [-0.2, 0) is 4.79 Å². The van der Waals surface area contributed by atoms with Crippen molar-refractivity contribution in [2.45, 2.75) is 27.7 Å². The van der Waals surface area contributed by atoms with Gasteiger partial charge in [0.2, 0.25) is 5.91 Å². The number of likely N-dealkylation sites (N-methyl/N-ethyl adjacent to an activating group) is 1. The average molecular weight is 292 g/mol. The lowest BCUT2D eigenvalue weighted by atomic mass is 9.94. The molecule has 4 nitrogen and oxygen atoms in total. The van der Waals surface area contributed by atoms with Gasteiger partial charge in [-0.15, -0.1) is 0 Å². The van der Waals surface area contributed by atoms with Gasteiger partial charge in [-0.25, -0.2) is 0 Å². The van der Waals surface area contributed by atoms with Crippen molar-refractivity contribution in [2.24, 2.45) is 17.6 Å². The second-order valence-corrected chi connectivity index (χ2v) is 6.02. The van der Waals surface area contributed by atoms with Crippen LogP contribution in [0.1, 0.15) is 25.0 Å². The zero-order valence-electron chi connectivity index (χ0n) is 13.8. The minimum atomic E-state index is -0.115. The number of hydrogen-bond donors (Lipinski definition) is 1. The fourth-order valence-corrected chi connectivity index (χ4v) is 2.37. The summed E-state index contributed by atoms with van der Waals surface area (Å²) in [4.78, 5) is 14.0. The Kier molecular flexibility index (Phi) is 6.69. The Morgan fingerprint density at radius 1 is 1.24 bits per heavy atom. The van der Waals surface area contributed by atoms with Gasteiger partial charge < -0.3 is 15.4 Å². The fraction of sp³-hybridized carbons (Fsp3) is 0.588. The van der Waals surface area contributed by atoms with Crippen LogP contribution in [0.3, 0.4) is 0 Å². The Morgan fingerprint density at radius 3 is 2.29 bits per heavy atom. The number of nitrogens with two attached hydrogens (primary N) is 1. The van der Waals surface area contributed by atoms with E-state index in [1.165, 1.54) is 11.1 Å². The van der Waals surface area contributed by atoms with Crippen LogP contribution in [0.15, 0.2) is 18.2 Å². The van der Waals surface area contributed by atoms with Gasteiger partial charge in [0.15, 0.2) is 0 Å². The summed E-state index contributed by atoms with van der Waals surface area (Å²) in [5, 5.41) is 0. The second-order valence-electron chi connectivity index (χ2n) is 6.02. The Labute approximate surface area is 128 Å². The number of carbonyl (C=O) groups excluding carboxylic acids is 1. The quantitative estimate of drug-likeness (QED) is 0.839. The monoisotopic (exact) mass is 292 g/mol. The van der Waals surface area contributed by atoms with Gasteiger partial charge in [0, 0.05) is 13.6 Å². The molecule has 21 heavy (non-hydrogen) atoms. The first-order valence-electron chi connectivity index (χ1n) is 7.51. The molecule has 1 aromatic carbocycles. The molecule has 0 saturated carbocycles. The van der Waals surface area contributed by atoms with Crippen LogP contribution in [0, 0.1) is 25.7 Å². The summed E-state index contributed by atoms with van der Waals surface area (Å²) in [6, 6.07) is 6.12. The Morgan fingerprint density at radius 2 is 1.81 bits per heavy atom. The molecule has 0 heterocycles. The largest absolute Gasteiger partial charge is 0.492 e. The number of ether oxygens (including phenoxy) is 1. The lowest BCUT2D eigenvalue weighted by Gasteiger charge is -2.25. The third-order valence-electron chi connectivity index (χ3n) is 3.64. The highest BCUT2D eigenvalue weighted by atomic mass is 16.5. The SMILES string of the molecule is Cc1cc(C)cc(OCCN(C)C(=O)C(CN)C(C)C)c1. The van der Waals surface area contributed by atoms with E-state index in [4.69, 9.17) is 10.5 Å². The summed E-state index contributed by atoms with van der Waals surface area (Å²) >= 11 is 0. The van der Waals surface area contributed by atoms with Crippen LogP contribution in [-0.4, -0.2) is 37.6 Å². The molecule has 1 unspecified atom stereocenters. The number of hydrogen-bond acceptors (Lipinski definition) is 3. The third-order valence-corrected chi connectivity index (χ3v) is 3.64. The van der Waals surface area contributed by atoms with E-state index in [0.717, 1.165) is 5.75 Å². The van der Waals surface area contributed by atoms with E-state index in [9.17, 15) is 4.79 Å². The zero-order chi connectivity index (χ0) is 16.0. The van der Waals surface area contributed by atoms with Crippen LogP contribution in [0.2, 0.25) is 0 Å². The maximum absolute atomic E-state index is 12.3. The molecule has 4 heteroatoms. The maximum atomic E-state index is 12.3. The molecule has 0 radical (unpaired) electrons. The molecule has 0 saturated heterocycles. The molecule has 1 aromatic rings. The fourth-order valence-electron chi connectivity index (χ4n) is 2.37. The number of aryl methyl sites for hydroxylation is 2. The van der Waals surface area contributed by atoms with Gasteiger partial charge in [-0.05, 0) is 43.0 Å². The number of nitrogens with zero attached hydrogens (tertiary/aromatic N) is 1. The van der Waals surface area contributed by atoms with E-state index < -0.39 is 0 Å². The van der Waals surface area contributed by atoms with Gasteiger partial charge in [-0.1, -0.05) is 19.9 Å². The highest BCUT2D eigenvalue weighted by Crippen LogP contribution is 2.16. The average Bonchev–Trinajstić information content (AvgIpc) is 2.37. The van der Waals surface area contributed by atoms with Gasteiger partial charge >= 0.3 is 0 Å². The van der Waals surface area contributed by atoms with Crippen molar-refractivity contribution >= 4 is 5.91 Å². The molecule has 0 aliphatic carbocycles. The van der Waals surface area contributed by atoms with Gasteiger partial charge in [-0.3, -0.25) is 4.79 Å². The van der Waals surface area contributed by atoms with Crippen molar-refractivity contribution in [1.29, 1.82) is 0 Å². The van der Waals surface area contributed by atoms with Crippen LogP contribution < -0.4 is 10.5 Å². The molecule has 1 atom stereocenters. The van der Waals surface area contributed by atoms with Gasteiger partial charge in [0.25, 0.3) is 0 Å². The lowest BCUT2D eigenvalue weighted by molar-refractivity contribution is -0.135. The minimum absolute atomic E-state index is 0.0940. The third kappa shape index (κ3) is 5.38. The van der Waals surface area contributed by atoms with Gasteiger partial charge in [-0.2, -0.15) is 0 Å². The predicted molar refractivity (Wildman–Crippen MR) is 86.4 cm³/mol. The van der Waals surface area contributed by atoms with Crippen LogP contribution >= 0.6 is 0 Å². The molecule has 118 valence electrons. The van der Waals surface area contributed by atoms with Crippen LogP contribution in [0.25, 0.3) is 0 Å². The summed E-state index contributed by atoms with van der Waals surface area (Å²) < 4.78 is 5.74. The second kappa shape index (κ2) is 8.03. The molecule has 0 aliphatic rings. The normalized spacial score (nSPS) is 12.3. The molecule has 0 spiro atoms. The van der Waals surface area contributed by atoms with E-state index in [-0.39, 0.29) is 17.7 Å². The van der Waals surface area contributed by atoms with Crippen molar-refractivity contribution in [3.8, 4) is 5.75 Å². The maximum Gasteiger partial charge on any atom is 0.227 e. The van der Waals surface area contributed by atoms with E-state index in [0.29, 0.717) is 19.7 Å². The Hall–Kier alpha value is -1.55. The first-order chi connectivity index (χ1) is 9.85. The molecule has 2 N–H and O–H groups in total. The molecule has 0 bridgehead atoms. The van der Waals surface area contributed by atoms with Gasteiger partial charge in [0.05, 0.1) is 12.5 Å². The molecule has 0 fully saturated rings. The van der Waals surface area contributed by atoms with Crippen LogP contribution in [0.4, 0.5) is 0 Å². The van der Waals surface area contributed by atoms with Crippen molar-refractivity contribution in [3.05, 3.63) is 29.3 Å². The topological polar surface area (TPSA) is 55.6 Å². The van der Waals surface area contributed by atoms with E-state index in [2.05, 4.69) is 6.07 Å². The van der Waals surface area contributed by atoms with E-state index in [1.54, 1.807) is 11.9 Å². The smallest absolute Gasteiger partial charge is 0.227 e. The highest BCUT2D eigenvalue weighted by molar-refractivity contribution is 5.79. The first-order valence-corrected chi connectivity index (χ1v) is 7.51. The van der Waals surface area contributed by atoms with Crippen molar-refractivity contribution in [2.75, 3.05) is 26.7 Å². The standard InChI is InChI=1S/C17H28N2O2/c1-12(2)16(11-18)17(20)19(5)6-7-21-15-9-13(3)8-14(4)10-15/h8-10,12,16H,6-7,11,18H2,1-5H3. The summed E-state index contributed by atoms with van der Waals surface area (Å²) in [7, 11) is 1.80. The summed E-state index contributed by atoms with van der Waals surface area (Å²) in [5.74, 6) is 1.09. The van der Waals surface area contributed by atoms with Crippen LogP contribution in [0.5, 0.6) is 5.75 Å². The van der Waals surface area contributed by atoms with Crippen molar-refractivity contribution in [3.63, 3.8) is 0 Å². The molecular weight excluding hydrogens is 264 g/mol. The molecular formula is C17H28N2O2. The first kappa shape index (κ1) is 17.5. The van der Waals surface area contributed by atoms with E-state index in [1.807, 2.05) is 39.8 Å². The Bertz CT molecular complexity index is 452. The van der Waals surface area contributed by atoms with Gasteiger partial charge in [0.1, 0.15) is 12.4 Å². The Balaban J connectivity index is 2.49. The summed E-state index contributed by atoms with van der Waals surface area (Å²) in [5.41, 5.74) is 8.04. The minimum Gasteiger partial charge on any atom is -0.492 e. The number of carbonyl (C=O) groups is 1. The summed E-state index contributed by atoms with van der Waals surface area (Å²) in [6.45, 7) is 9.58. The summed E-state index contributed by atoms with van der Waals surface area (Å²) in [6.07, 6.45) is 0. The molecule has 1 amide bonds. The molecule has 0 aliphatic heterocycles. The number of benzene rings is 1. The number of rotatable bonds is 7. The zero-order valence-corrected chi connectivity index (χ0v) is 13.8. The van der Waals surface area contributed by atoms with Crippen molar-refractivity contribution < 1.29 is 9.53 Å². The number of amides is 1. The lowest BCUT2D eigenvalue weighted by Crippen LogP contribution is -2.40. The van der Waals surface area contributed by atoms with Crippen molar-refractivity contribution in [1.82, 2.24) is 4.90 Å². The molecule has 1 rings (SSSR count). The highest BCUT2D eigenvalue weighted by Gasteiger charge is 2.23. The van der Waals surface area contributed by atoms with E-state index >= 15 is 0 Å². The molecule has 0 aromatic heterocycles. The predicted octanol–water partition coefficient (Wildman–Crippen LogP) is 2.37.